The van der Waals surface area contributed by atoms with Crippen LogP contribution in [-0.4, -0.2) is 47.8 Å². The first-order valence-corrected chi connectivity index (χ1v) is 10.4. The maximum Gasteiger partial charge on any atom is 0.254 e. The molecule has 0 unspecified atom stereocenters. The second-order valence-electron chi connectivity index (χ2n) is 8.33. The molecule has 4 nitrogen and oxygen atoms in total. The van der Waals surface area contributed by atoms with Crippen molar-refractivity contribution in [1.29, 1.82) is 0 Å². The molecule has 0 radical (unpaired) electrons. The van der Waals surface area contributed by atoms with Gasteiger partial charge in [-0.2, -0.15) is 0 Å². The molecule has 2 aliphatic heterocycles. The lowest BCUT2D eigenvalue weighted by Gasteiger charge is -2.30. The molecule has 0 N–H and O–H groups in total. The molecule has 0 atom stereocenters. The average Bonchev–Trinajstić information content (AvgIpc) is 3.00. The van der Waals surface area contributed by atoms with Crippen molar-refractivity contribution in [3.63, 3.8) is 0 Å². The van der Waals surface area contributed by atoms with Crippen LogP contribution in [0.2, 0.25) is 0 Å². The lowest BCUT2D eigenvalue weighted by molar-refractivity contribution is -0.129. The Kier molecular flexibility index (Phi) is 5.52. The van der Waals surface area contributed by atoms with Gasteiger partial charge in [0.15, 0.2) is 0 Å². The highest BCUT2D eigenvalue weighted by atomic mass is 32.1. The fourth-order valence-corrected chi connectivity index (χ4v) is 5.02. The summed E-state index contributed by atoms with van der Waals surface area (Å²) in [5.74, 6) is 0.858. The van der Waals surface area contributed by atoms with Gasteiger partial charge in [0, 0.05) is 43.4 Å². The molecule has 0 bridgehead atoms. The van der Waals surface area contributed by atoms with Crippen LogP contribution in [0.1, 0.15) is 74.0 Å². The van der Waals surface area contributed by atoms with E-state index in [9.17, 15) is 9.59 Å². The van der Waals surface area contributed by atoms with E-state index in [-0.39, 0.29) is 11.8 Å². The number of hydrogen-bond acceptors (Lipinski definition) is 3. The molecule has 138 valence electrons. The number of likely N-dealkylation sites (tertiary alicyclic amines) is 2. The standard InChI is InChI=1S/C20H30N2O2S/c1-15(23)21-10-5-16(6-11-21)18-13-17(14-25-18)19(24)22-9-4-7-20(2,3)8-12-22/h13-14,16H,4-12H2,1-3H3. The van der Waals surface area contributed by atoms with Gasteiger partial charge in [0.05, 0.1) is 5.56 Å². The van der Waals surface area contributed by atoms with E-state index in [2.05, 4.69) is 19.9 Å². The summed E-state index contributed by atoms with van der Waals surface area (Å²) < 4.78 is 0. The molecular weight excluding hydrogens is 332 g/mol. The number of carbonyl (C=O) groups excluding carboxylic acids is 2. The normalized spacial score (nSPS) is 21.9. The summed E-state index contributed by atoms with van der Waals surface area (Å²) in [6.45, 7) is 9.67. The summed E-state index contributed by atoms with van der Waals surface area (Å²) in [7, 11) is 0. The minimum absolute atomic E-state index is 0.171. The maximum atomic E-state index is 12.9. The smallest absolute Gasteiger partial charge is 0.254 e. The van der Waals surface area contributed by atoms with Crippen molar-refractivity contribution in [2.75, 3.05) is 26.2 Å². The first kappa shape index (κ1) is 18.4. The minimum atomic E-state index is 0.171. The highest BCUT2D eigenvalue weighted by molar-refractivity contribution is 7.10. The van der Waals surface area contributed by atoms with E-state index >= 15 is 0 Å². The van der Waals surface area contributed by atoms with Crippen LogP contribution < -0.4 is 0 Å². The molecule has 0 spiro atoms. The van der Waals surface area contributed by atoms with Crippen LogP contribution in [0, 0.1) is 5.41 Å². The van der Waals surface area contributed by atoms with Crippen LogP contribution in [0.15, 0.2) is 11.4 Å². The Morgan fingerprint density at radius 2 is 1.80 bits per heavy atom. The van der Waals surface area contributed by atoms with Gasteiger partial charge in [-0.1, -0.05) is 13.8 Å². The van der Waals surface area contributed by atoms with Crippen molar-refractivity contribution in [2.45, 2.75) is 58.8 Å². The Bertz CT molecular complexity index is 629. The second kappa shape index (κ2) is 7.48. The Hall–Kier alpha value is -1.36. The van der Waals surface area contributed by atoms with E-state index in [0.29, 0.717) is 11.3 Å². The maximum absolute atomic E-state index is 12.9. The molecule has 25 heavy (non-hydrogen) atoms. The molecular formula is C20H30N2O2S. The Balaban J connectivity index is 1.61. The van der Waals surface area contributed by atoms with Crippen molar-refractivity contribution in [2.24, 2.45) is 5.41 Å². The minimum Gasteiger partial charge on any atom is -0.343 e. The molecule has 5 heteroatoms. The summed E-state index contributed by atoms with van der Waals surface area (Å²) in [5, 5.41) is 2.03. The third kappa shape index (κ3) is 4.43. The first-order chi connectivity index (χ1) is 11.9. The number of nitrogens with zero attached hydrogens (tertiary/aromatic N) is 2. The number of rotatable bonds is 2. The van der Waals surface area contributed by atoms with E-state index in [0.717, 1.165) is 57.4 Å². The summed E-state index contributed by atoms with van der Waals surface area (Å²) in [5.41, 5.74) is 1.20. The average molecular weight is 363 g/mol. The monoisotopic (exact) mass is 362 g/mol. The molecule has 3 heterocycles. The second-order valence-corrected chi connectivity index (χ2v) is 9.27. The van der Waals surface area contributed by atoms with E-state index in [1.54, 1.807) is 18.3 Å². The third-order valence-electron chi connectivity index (χ3n) is 5.84. The highest BCUT2D eigenvalue weighted by Gasteiger charge is 2.28. The van der Waals surface area contributed by atoms with Gasteiger partial charge in [-0.3, -0.25) is 9.59 Å². The fourth-order valence-electron chi connectivity index (χ4n) is 3.97. The summed E-state index contributed by atoms with van der Waals surface area (Å²) in [6.07, 6.45) is 5.39. The summed E-state index contributed by atoms with van der Waals surface area (Å²) in [4.78, 5) is 29.6. The van der Waals surface area contributed by atoms with Gasteiger partial charge in [-0.25, -0.2) is 0 Å². The van der Waals surface area contributed by atoms with Gasteiger partial charge >= 0.3 is 0 Å². The molecule has 3 rings (SSSR count). The number of piperidine rings is 1. The summed E-state index contributed by atoms with van der Waals surface area (Å²) in [6, 6.07) is 2.11. The number of hydrogen-bond donors (Lipinski definition) is 0. The van der Waals surface area contributed by atoms with Crippen LogP contribution in [0.25, 0.3) is 0 Å². The first-order valence-electron chi connectivity index (χ1n) is 9.49. The van der Waals surface area contributed by atoms with Gasteiger partial charge in [0.1, 0.15) is 0 Å². The predicted octanol–water partition coefficient (Wildman–Crippen LogP) is 4.13. The van der Waals surface area contributed by atoms with Crippen molar-refractivity contribution in [3.05, 3.63) is 21.9 Å². The van der Waals surface area contributed by atoms with E-state index in [1.165, 1.54) is 11.3 Å². The molecule has 0 aliphatic carbocycles. The van der Waals surface area contributed by atoms with Gasteiger partial charge in [0.2, 0.25) is 5.91 Å². The molecule has 0 saturated carbocycles. The van der Waals surface area contributed by atoms with Crippen molar-refractivity contribution >= 4 is 23.2 Å². The molecule has 2 aliphatic rings. The number of carbonyl (C=O) groups is 2. The SMILES string of the molecule is CC(=O)N1CCC(c2cc(C(=O)N3CCCC(C)(C)CC3)cs2)CC1. The van der Waals surface area contributed by atoms with Crippen LogP contribution in [0.3, 0.4) is 0 Å². The lowest BCUT2D eigenvalue weighted by atomic mass is 9.85. The fraction of sp³-hybridized carbons (Fsp3) is 0.700. The van der Waals surface area contributed by atoms with Crippen LogP contribution >= 0.6 is 11.3 Å². The Morgan fingerprint density at radius 1 is 1.08 bits per heavy atom. The molecule has 1 aromatic rings. The van der Waals surface area contributed by atoms with Gasteiger partial charge in [-0.15, -0.1) is 11.3 Å². The van der Waals surface area contributed by atoms with E-state index in [4.69, 9.17) is 0 Å². The Labute approximate surface area is 155 Å². The predicted molar refractivity (Wildman–Crippen MR) is 102 cm³/mol. The zero-order valence-electron chi connectivity index (χ0n) is 15.7. The Morgan fingerprint density at radius 3 is 2.48 bits per heavy atom. The topological polar surface area (TPSA) is 40.6 Å². The largest absolute Gasteiger partial charge is 0.343 e. The van der Waals surface area contributed by atoms with Crippen LogP contribution in [-0.2, 0) is 4.79 Å². The number of amides is 2. The molecule has 2 saturated heterocycles. The van der Waals surface area contributed by atoms with Gasteiger partial charge < -0.3 is 9.80 Å². The molecule has 1 aromatic heterocycles. The van der Waals surface area contributed by atoms with Crippen LogP contribution in [0.5, 0.6) is 0 Å². The molecule has 0 aromatic carbocycles. The molecule has 2 amide bonds. The van der Waals surface area contributed by atoms with Gasteiger partial charge in [0.25, 0.3) is 5.91 Å². The van der Waals surface area contributed by atoms with E-state index in [1.807, 2.05) is 15.2 Å². The highest BCUT2D eigenvalue weighted by Crippen LogP contribution is 2.34. The quantitative estimate of drug-likeness (QED) is 0.794. The van der Waals surface area contributed by atoms with Crippen molar-refractivity contribution < 1.29 is 9.59 Å². The third-order valence-corrected chi connectivity index (χ3v) is 6.93. The lowest BCUT2D eigenvalue weighted by Crippen LogP contribution is -2.36. The van der Waals surface area contributed by atoms with E-state index < -0.39 is 0 Å². The summed E-state index contributed by atoms with van der Waals surface area (Å²) >= 11 is 1.71. The molecule has 2 fully saturated rings. The van der Waals surface area contributed by atoms with Gasteiger partial charge in [-0.05, 0) is 49.5 Å². The van der Waals surface area contributed by atoms with Crippen molar-refractivity contribution in [3.8, 4) is 0 Å². The number of thiophene rings is 1. The van der Waals surface area contributed by atoms with Crippen LogP contribution in [0.4, 0.5) is 0 Å². The zero-order chi connectivity index (χ0) is 18.0. The van der Waals surface area contributed by atoms with Crippen molar-refractivity contribution in [1.82, 2.24) is 9.80 Å². The zero-order valence-corrected chi connectivity index (χ0v) is 16.5.